The molecule has 0 heterocycles. The van der Waals surface area contributed by atoms with Crippen molar-refractivity contribution in [3.05, 3.63) is 59.4 Å². The van der Waals surface area contributed by atoms with Gasteiger partial charge in [-0.25, -0.2) is 9.18 Å². The quantitative estimate of drug-likeness (QED) is 0.784. The van der Waals surface area contributed by atoms with Gasteiger partial charge in [0.1, 0.15) is 11.6 Å². The second-order valence-electron chi connectivity index (χ2n) is 4.34. The van der Waals surface area contributed by atoms with E-state index in [0.29, 0.717) is 18.7 Å². The summed E-state index contributed by atoms with van der Waals surface area (Å²) in [6, 6.07) is 10.8. The van der Waals surface area contributed by atoms with E-state index in [9.17, 15) is 9.18 Å². The average Bonchev–Trinajstić information content (AvgIpc) is 2.41. The Morgan fingerprint density at radius 3 is 2.45 bits per heavy atom. The summed E-state index contributed by atoms with van der Waals surface area (Å²) in [4.78, 5) is 10.7. The highest BCUT2D eigenvalue weighted by molar-refractivity contribution is 5.88. The van der Waals surface area contributed by atoms with Crippen LogP contribution in [-0.2, 0) is 6.42 Å². The van der Waals surface area contributed by atoms with Gasteiger partial charge in [-0.3, -0.25) is 0 Å². The number of aromatic hydroxyl groups is 1. The van der Waals surface area contributed by atoms with Crippen molar-refractivity contribution in [1.82, 2.24) is 0 Å². The van der Waals surface area contributed by atoms with Crippen molar-refractivity contribution in [1.29, 1.82) is 0 Å². The third kappa shape index (κ3) is 3.47. The Labute approximate surface area is 115 Å². The van der Waals surface area contributed by atoms with Gasteiger partial charge in [0.2, 0.25) is 0 Å². The number of phenolic OH excluding ortho intramolecular Hbond substituents is 1. The normalized spacial score (nSPS) is 10.2. The van der Waals surface area contributed by atoms with Crippen molar-refractivity contribution in [3.8, 4) is 5.75 Å². The molecule has 0 unspecified atom stereocenters. The van der Waals surface area contributed by atoms with E-state index < -0.39 is 11.8 Å². The van der Waals surface area contributed by atoms with E-state index in [1.807, 2.05) is 12.1 Å². The maximum absolute atomic E-state index is 13.4. The number of hydrogen-bond acceptors (Lipinski definition) is 3. The van der Waals surface area contributed by atoms with Crippen LogP contribution in [-0.4, -0.2) is 22.7 Å². The molecule has 104 valence electrons. The second-order valence-corrected chi connectivity index (χ2v) is 4.34. The van der Waals surface area contributed by atoms with Gasteiger partial charge in [0.25, 0.3) is 0 Å². The molecule has 0 aliphatic heterocycles. The Hall–Kier alpha value is -2.56. The van der Waals surface area contributed by atoms with E-state index >= 15 is 0 Å². The number of nitrogens with one attached hydrogen (secondary N) is 1. The molecule has 3 N–H and O–H groups in total. The largest absolute Gasteiger partial charge is 0.508 e. The minimum absolute atomic E-state index is 0.216. The minimum atomic E-state index is -1.28. The molecule has 0 radical (unpaired) electrons. The molecule has 0 saturated carbocycles. The molecule has 4 nitrogen and oxygen atoms in total. The summed E-state index contributed by atoms with van der Waals surface area (Å²) in [5.41, 5.74) is 1.23. The molecule has 0 amide bonds. The molecule has 5 heteroatoms. The van der Waals surface area contributed by atoms with Crippen LogP contribution >= 0.6 is 0 Å². The standard InChI is InChI=1S/C15H14FNO3/c16-14-9-11(3-6-13(14)15(19)20)17-8-7-10-1-4-12(18)5-2-10/h1-6,9,17-18H,7-8H2,(H,19,20). The molecular formula is C15H14FNO3. The number of carboxylic acid groups (broad SMARTS) is 1. The Morgan fingerprint density at radius 2 is 1.85 bits per heavy atom. The molecule has 0 aliphatic rings. The highest BCUT2D eigenvalue weighted by Crippen LogP contribution is 2.15. The van der Waals surface area contributed by atoms with Gasteiger partial charge in [-0.05, 0) is 42.3 Å². The average molecular weight is 275 g/mol. The molecular weight excluding hydrogens is 261 g/mol. The minimum Gasteiger partial charge on any atom is -0.508 e. The molecule has 0 saturated heterocycles. The van der Waals surface area contributed by atoms with Crippen molar-refractivity contribution in [3.63, 3.8) is 0 Å². The van der Waals surface area contributed by atoms with Crippen LogP contribution in [0, 0.1) is 5.82 Å². The summed E-state index contributed by atoms with van der Waals surface area (Å²) in [6.07, 6.45) is 0.711. The summed E-state index contributed by atoms with van der Waals surface area (Å²) >= 11 is 0. The van der Waals surface area contributed by atoms with Gasteiger partial charge in [0, 0.05) is 12.2 Å². The first-order valence-corrected chi connectivity index (χ1v) is 6.11. The molecule has 20 heavy (non-hydrogen) atoms. The fraction of sp³-hybridized carbons (Fsp3) is 0.133. The van der Waals surface area contributed by atoms with Gasteiger partial charge >= 0.3 is 5.97 Å². The first-order valence-electron chi connectivity index (χ1n) is 6.11. The first kappa shape index (κ1) is 13.9. The fourth-order valence-corrected chi connectivity index (χ4v) is 1.81. The molecule has 0 fully saturated rings. The molecule has 0 atom stereocenters. The van der Waals surface area contributed by atoms with Gasteiger partial charge < -0.3 is 15.5 Å². The lowest BCUT2D eigenvalue weighted by Gasteiger charge is -2.07. The summed E-state index contributed by atoms with van der Waals surface area (Å²) < 4.78 is 13.4. The summed E-state index contributed by atoms with van der Waals surface area (Å²) in [5.74, 6) is -1.82. The highest BCUT2D eigenvalue weighted by Gasteiger charge is 2.09. The number of halogens is 1. The van der Waals surface area contributed by atoms with Crippen LogP contribution in [0.5, 0.6) is 5.75 Å². The van der Waals surface area contributed by atoms with Crippen molar-refractivity contribution < 1.29 is 19.4 Å². The topological polar surface area (TPSA) is 69.6 Å². The zero-order chi connectivity index (χ0) is 14.5. The summed E-state index contributed by atoms with van der Waals surface area (Å²) in [6.45, 7) is 0.580. The maximum Gasteiger partial charge on any atom is 0.338 e. The number of hydrogen-bond donors (Lipinski definition) is 3. The molecule has 0 aromatic heterocycles. The SMILES string of the molecule is O=C(O)c1ccc(NCCc2ccc(O)cc2)cc1F. The Kier molecular flexibility index (Phi) is 4.20. The van der Waals surface area contributed by atoms with Crippen LogP contribution in [0.3, 0.4) is 0 Å². The molecule has 2 rings (SSSR count). The predicted octanol–water partition coefficient (Wildman–Crippen LogP) is 2.88. The van der Waals surface area contributed by atoms with Crippen molar-refractivity contribution in [2.75, 3.05) is 11.9 Å². The molecule has 0 aliphatic carbocycles. The summed E-state index contributed by atoms with van der Waals surface area (Å²) in [7, 11) is 0. The number of anilines is 1. The monoisotopic (exact) mass is 275 g/mol. The van der Waals surface area contributed by atoms with Crippen LogP contribution in [0.1, 0.15) is 15.9 Å². The van der Waals surface area contributed by atoms with E-state index in [0.717, 1.165) is 5.56 Å². The third-order valence-corrected chi connectivity index (χ3v) is 2.88. The zero-order valence-corrected chi connectivity index (χ0v) is 10.6. The number of rotatable bonds is 5. The Bertz CT molecular complexity index is 611. The van der Waals surface area contributed by atoms with Crippen LogP contribution in [0.25, 0.3) is 0 Å². The number of carbonyl (C=O) groups is 1. The Morgan fingerprint density at radius 1 is 1.15 bits per heavy atom. The number of carboxylic acids is 1. The molecule has 2 aromatic carbocycles. The van der Waals surface area contributed by atoms with E-state index in [2.05, 4.69) is 5.32 Å². The molecule has 0 spiro atoms. The first-order chi connectivity index (χ1) is 9.56. The van der Waals surface area contributed by atoms with Crippen LogP contribution in [0.4, 0.5) is 10.1 Å². The Balaban J connectivity index is 1.92. The number of aromatic carboxylic acids is 1. The smallest absolute Gasteiger partial charge is 0.338 e. The third-order valence-electron chi connectivity index (χ3n) is 2.88. The van der Waals surface area contributed by atoms with E-state index in [-0.39, 0.29) is 11.3 Å². The van der Waals surface area contributed by atoms with Gasteiger partial charge in [0.15, 0.2) is 0 Å². The second kappa shape index (κ2) is 6.06. The zero-order valence-electron chi connectivity index (χ0n) is 10.6. The summed E-state index contributed by atoms with van der Waals surface area (Å²) in [5, 5.41) is 20.9. The lowest BCUT2D eigenvalue weighted by atomic mass is 10.1. The van der Waals surface area contributed by atoms with Crippen LogP contribution in [0.2, 0.25) is 0 Å². The molecule has 0 bridgehead atoms. The molecule has 2 aromatic rings. The lowest BCUT2D eigenvalue weighted by Crippen LogP contribution is -2.06. The number of phenols is 1. The van der Waals surface area contributed by atoms with Crippen LogP contribution in [0.15, 0.2) is 42.5 Å². The van der Waals surface area contributed by atoms with E-state index in [1.165, 1.54) is 18.2 Å². The maximum atomic E-state index is 13.4. The number of benzene rings is 2. The van der Waals surface area contributed by atoms with Gasteiger partial charge in [-0.1, -0.05) is 12.1 Å². The van der Waals surface area contributed by atoms with Gasteiger partial charge in [0.05, 0.1) is 5.56 Å². The van der Waals surface area contributed by atoms with Crippen LogP contribution < -0.4 is 5.32 Å². The van der Waals surface area contributed by atoms with Gasteiger partial charge in [-0.15, -0.1) is 0 Å². The van der Waals surface area contributed by atoms with Crippen molar-refractivity contribution >= 4 is 11.7 Å². The van der Waals surface area contributed by atoms with Crippen molar-refractivity contribution in [2.45, 2.75) is 6.42 Å². The van der Waals surface area contributed by atoms with Crippen molar-refractivity contribution in [2.24, 2.45) is 0 Å². The van der Waals surface area contributed by atoms with Gasteiger partial charge in [-0.2, -0.15) is 0 Å². The van der Waals surface area contributed by atoms with E-state index in [1.54, 1.807) is 12.1 Å². The highest BCUT2D eigenvalue weighted by atomic mass is 19.1. The predicted molar refractivity (Wildman–Crippen MR) is 73.7 cm³/mol. The lowest BCUT2D eigenvalue weighted by molar-refractivity contribution is 0.0692. The fourth-order valence-electron chi connectivity index (χ4n) is 1.81. The van der Waals surface area contributed by atoms with E-state index in [4.69, 9.17) is 10.2 Å².